The molecule has 4 rings (SSSR count). The molecule has 0 unspecified atom stereocenters. The van der Waals surface area contributed by atoms with Crippen molar-refractivity contribution in [3.63, 3.8) is 0 Å². The molecule has 0 saturated heterocycles. The molecule has 1 heterocycles. The molecule has 3 aromatic carbocycles. The van der Waals surface area contributed by atoms with Crippen LogP contribution in [0.2, 0.25) is 5.02 Å². The summed E-state index contributed by atoms with van der Waals surface area (Å²) in [7, 11) is 0. The summed E-state index contributed by atoms with van der Waals surface area (Å²) in [5.41, 5.74) is 4.05. The van der Waals surface area contributed by atoms with E-state index in [1.54, 1.807) is 11.3 Å². The van der Waals surface area contributed by atoms with Crippen LogP contribution in [0.3, 0.4) is 0 Å². The van der Waals surface area contributed by atoms with Gasteiger partial charge in [0.2, 0.25) is 5.13 Å². The van der Waals surface area contributed by atoms with Crippen molar-refractivity contribution < 1.29 is 4.74 Å². The third-order valence-electron chi connectivity index (χ3n) is 4.28. The van der Waals surface area contributed by atoms with E-state index in [9.17, 15) is 0 Å². The summed E-state index contributed by atoms with van der Waals surface area (Å²) in [6.45, 7) is 2.63. The minimum Gasteiger partial charge on any atom is -0.494 e. The second-order valence-electron chi connectivity index (χ2n) is 6.31. The monoisotopic (exact) mass is 418 g/mol. The molecule has 0 spiro atoms. The zero-order valence-electron chi connectivity index (χ0n) is 15.9. The van der Waals surface area contributed by atoms with Gasteiger partial charge in [-0.3, -0.25) is 0 Å². The first kappa shape index (κ1) is 19.4. The van der Waals surface area contributed by atoms with Gasteiger partial charge in [-0.25, -0.2) is 9.98 Å². The van der Waals surface area contributed by atoms with Crippen LogP contribution < -0.4 is 4.74 Å². The molecule has 29 heavy (non-hydrogen) atoms. The molecule has 5 heteroatoms. The van der Waals surface area contributed by atoms with E-state index < -0.39 is 0 Å². The fourth-order valence-electron chi connectivity index (χ4n) is 2.90. The average molecular weight is 419 g/mol. The average Bonchev–Trinajstić information content (AvgIpc) is 3.19. The second kappa shape index (κ2) is 9.03. The lowest BCUT2D eigenvalue weighted by Crippen LogP contribution is -1.91. The van der Waals surface area contributed by atoms with Gasteiger partial charge < -0.3 is 4.74 Å². The number of thiazole rings is 1. The lowest BCUT2D eigenvalue weighted by atomic mass is 10.1. The Hall–Kier alpha value is -2.95. The molecule has 0 bridgehead atoms. The standard InChI is InChI=1S/C24H19ClN2OS/c1-2-28-21-14-8-17(9-15-21)16-26-24-27-22(18-10-12-20(25)13-11-18)23(29-24)19-6-4-3-5-7-19/h3-16H,2H2,1H3. The van der Waals surface area contributed by atoms with Gasteiger partial charge in [-0.15, -0.1) is 0 Å². The minimum absolute atomic E-state index is 0.655. The van der Waals surface area contributed by atoms with E-state index in [1.807, 2.05) is 79.9 Å². The molecular formula is C24H19ClN2OS. The number of nitrogens with zero attached hydrogens (tertiary/aromatic N) is 2. The van der Waals surface area contributed by atoms with Crippen LogP contribution in [-0.2, 0) is 0 Å². The highest BCUT2D eigenvalue weighted by Gasteiger charge is 2.14. The van der Waals surface area contributed by atoms with Gasteiger partial charge in [0.15, 0.2) is 0 Å². The van der Waals surface area contributed by atoms with E-state index in [0.717, 1.165) is 33.0 Å². The largest absolute Gasteiger partial charge is 0.494 e. The molecule has 0 amide bonds. The predicted octanol–water partition coefficient (Wildman–Crippen LogP) is 7.28. The van der Waals surface area contributed by atoms with E-state index in [-0.39, 0.29) is 0 Å². The van der Waals surface area contributed by atoms with Gasteiger partial charge in [0, 0.05) is 16.8 Å². The second-order valence-corrected chi connectivity index (χ2v) is 7.72. The summed E-state index contributed by atoms with van der Waals surface area (Å²) < 4.78 is 5.48. The molecule has 144 valence electrons. The molecular weight excluding hydrogens is 400 g/mol. The van der Waals surface area contributed by atoms with Crippen LogP contribution in [0.1, 0.15) is 12.5 Å². The third-order valence-corrected chi connectivity index (χ3v) is 5.55. The topological polar surface area (TPSA) is 34.5 Å². The molecule has 0 aliphatic carbocycles. The van der Waals surface area contributed by atoms with Gasteiger partial charge >= 0.3 is 0 Å². The molecule has 1 aromatic heterocycles. The number of aromatic nitrogens is 1. The number of hydrogen-bond donors (Lipinski definition) is 0. The van der Waals surface area contributed by atoms with Gasteiger partial charge in [-0.05, 0) is 54.4 Å². The highest BCUT2D eigenvalue weighted by Crippen LogP contribution is 2.40. The Morgan fingerprint density at radius 3 is 2.34 bits per heavy atom. The summed E-state index contributed by atoms with van der Waals surface area (Å²) >= 11 is 7.63. The first-order valence-corrected chi connectivity index (χ1v) is 10.5. The Morgan fingerprint density at radius 1 is 0.931 bits per heavy atom. The Labute approximate surface area is 179 Å². The zero-order valence-corrected chi connectivity index (χ0v) is 17.5. The van der Waals surface area contributed by atoms with Crippen molar-refractivity contribution in [3.05, 3.63) is 89.4 Å². The Balaban J connectivity index is 1.68. The molecule has 0 N–H and O–H groups in total. The lowest BCUT2D eigenvalue weighted by Gasteiger charge is -2.02. The van der Waals surface area contributed by atoms with Crippen LogP contribution in [0, 0.1) is 0 Å². The summed E-state index contributed by atoms with van der Waals surface area (Å²) in [6.07, 6.45) is 1.83. The van der Waals surface area contributed by atoms with Crippen molar-refractivity contribution in [1.29, 1.82) is 0 Å². The minimum atomic E-state index is 0.655. The zero-order chi connectivity index (χ0) is 20.1. The van der Waals surface area contributed by atoms with Crippen molar-refractivity contribution in [3.8, 4) is 27.4 Å². The number of halogens is 1. The van der Waals surface area contributed by atoms with Crippen molar-refractivity contribution in [2.75, 3.05) is 6.61 Å². The Bertz CT molecular complexity index is 1100. The number of benzene rings is 3. The number of ether oxygens (including phenoxy) is 1. The number of aliphatic imine (C=N–C) groups is 1. The molecule has 0 saturated carbocycles. The molecule has 0 radical (unpaired) electrons. The number of rotatable bonds is 6. The first-order valence-electron chi connectivity index (χ1n) is 9.32. The quantitative estimate of drug-likeness (QED) is 0.308. The van der Waals surface area contributed by atoms with Crippen molar-refractivity contribution in [2.45, 2.75) is 6.92 Å². The van der Waals surface area contributed by atoms with Crippen LogP contribution in [-0.4, -0.2) is 17.8 Å². The summed E-state index contributed by atoms with van der Waals surface area (Å²) in [5.74, 6) is 0.857. The number of hydrogen-bond acceptors (Lipinski definition) is 4. The highest BCUT2D eigenvalue weighted by molar-refractivity contribution is 7.19. The van der Waals surface area contributed by atoms with E-state index in [1.165, 1.54) is 0 Å². The Kier molecular flexibility index (Phi) is 6.03. The molecule has 3 nitrogen and oxygen atoms in total. The van der Waals surface area contributed by atoms with Crippen LogP contribution in [0.5, 0.6) is 5.75 Å². The predicted molar refractivity (Wildman–Crippen MR) is 123 cm³/mol. The van der Waals surface area contributed by atoms with Crippen molar-refractivity contribution in [1.82, 2.24) is 4.98 Å². The van der Waals surface area contributed by atoms with E-state index in [4.69, 9.17) is 21.3 Å². The molecule has 0 fully saturated rings. The van der Waals surface area contributed by atoms with Gasteiger partial charge in [-0.1, -0.05) is 65.4 Å². The SMILES string of the molecule is CCOc1ccc(C=Nc2nc(-c3ccc(Cl)cc3)c(-c3ccccc3)s2)cc1. The molecule has 0 atom stereocenters. The third kappa shape index (κ3) is 4.73. The lowest BCUT2D eigenvalue weighted by molar-refractivity contribution is 0.340. The maximum atomic E-state index is 6.06. The fraction of sp³-hybridized carbons (Fsp3) is 0.0833. The fourth-order valence-corrected chi connectivity index (χ4v) is 3.96. The van der Waals surface area contributed by atoms with Crippen LogP contribution in [0.4, 0.5) is 5.13 Å². The molecule has 4 aromatic rings. The van der Waals surface area contributed by atoms with Gasteiger partial charge in [0.1, 0.15) is 5.75 Å². The van der Waals surface area contributed by atoms with Gasteiger partial charge in [0.05, 0.1) is 17.2 Å². The smallest absolute Gasteiger partial charge is 0.210 e. The maximum absolute atomic E-state index is 6.06. The van der Waals surface area contributed by atoms with Gasteiger partial charge in [-0.2, -0.15) is 0 Å². The highest BCUT2D eigenvalue weighted by atomic mass is 35.5. The van der Waals surface area contributed by atoms with E-state index >= 15 is 0 Å². The first-order chi connectivity index (χ1) is 14.2. The van der Waals surface area contributed by atoms with Gasteiger partial charge in [0.25, 0.3) is 0 Å². The summed E-state index contributed by atoms with van der Waals surface area (Å²) in [6, 6.07) is 25.9. The van der Waals surface area contributed by atoms with E-state index in [2.05, 4.69) is 17.1 Å². The Morgan fingerprint density at radius 2 is 1.66 bits per heavy atom. The normalized spacial score (nSPS) is 11.1. The summed E-state index contributed by atoms with van der Waals surface area (Å²) in [5, 5.41) is 1.42. The van der Waals surface area contributed by atoms with E-state index in [0.29, 0.717) is 16.8 Å². The van der Waals surface area contributed by atoms with Crippen molar-refractivity contribution >= 4 is 34.3 Å². The van der Waals surface area contributed by atoms with Crippen LogP contribution >= 0.6 is 22.9 Å². The molecule has 0 aliphatic rings. The maximum Gasteiger partial charge on any atom is 0.210 e. The molecule has 0 aliphatic heterocycles. The van der Waals surface area contributed by atoms with Crippen molar-refractivity contribution in [2.24, 2.45) is 4.99 Å². The summed E-state index contributed by atoms with van der Waals surface area (Å²) in [4.78, 5) is 10.5. The van der Waals surface area contributed by atoms with Crippen LogP contribution in [0.15, 0.2) is 83.9 Å². The van der Waals surface area contributed by atoms with Crippen LogP contribution in [0.25, 0.3) is 21.7 Å².